The topological polar surface area (TPSA) is 100 Å². The summed E-state index contributed by atoms with van der Waals surface area (Å²) in [4.78, 5) is 21.6. The standard InChI is InChI=1S/C32H32ClN5O3/c1-5-40-31-17-29-27(15-22(31)14-26(39)10-7-13-38(3)4)32(23(18-34)19-35-29)37-24-11-12-30(28(33)16-24)41-20-25-9-6-8-21(2)36-25/h6-12,15-17,19H,5,13-14,20H2,1-4H3,(H,35,37)/b10-7+/i1D3,3D3,5D2,6D,8D,9D,11D,12D,13D2,15D,16D,17D,19D. The van der Waals surface area contributed by atoms with E-state index in [9.17, 15) is 11.4 Å². The SMILES string of the molecule is [2H]c1nc2c([2H])c(OC([2H])([2H])C([2H])([2H])[2H])c(CC(=O)/C=C/C([2H])([2H])N(C)C([2H])([2H])[2H])c([2H])c2c(Nc2c([2H])c([2H])c(OCc3nc(C)c([2H])c([2H])c3[2H])c(Cl)c2[2H])c1C#N. The number of allylic oxidation sites excluding steroid dienone is 1. The van der Waals surface area contributed by atoms with E-state index in [1.807, 2.05) is 0 Å². The van der Waals surface area contributed by atoms with Crippen LogP contribution >= 0.6 is 11.6 Å². The Morgan fingerprint density at radius 3 is 2.95 bits per heavy atom. The van der Waals surface area contributed by atoms with Crippen LogP contribution in [0.1, 0.15) is 55.4 Å². The molecule has 0 radical (unpaired) electrons. The lowest BCUT2D eigenvalue weighted by Crippen LogP contribution is -2.11. The van der Waals surface area contributed by atoms with Gasteiger partial charge in [-0.05, 0) is 70.1 Å². The van der Waals surface area contributed by atoms with E-state index in [1.165, 1.54) is 6.92 Å². The molecule has 41 heavy (non-hydrogen) atoms. The Kier molecular flexibility index (Phi) is 4.52. The van der Waals surface area contributed by atoms with Crippen LogP contribution in [0, 0.1) is 18.3 Å². The van der Waals surface area contributed by atoms with Crippen LogP contribution in [0.15, 0.2) is 66.7 Å². The number of ether oxygens (including phenoxy) is 2. The second-order valence-corrected chi connectivity index (χ2v) is 8.44. The molecule has 0 saturated carbocycles. The van der Waals surface area contributed by atoms with Gasteiger partial charge in [-0.25, -0.2) is 0 Å². The summed E-state index contributed by atoms with van der Waals surface area (Å²) in [7, 11) is 0.916. The van der Waals surface area contributed by atoms with Gasteiger partial charge in [0.15, 0.2) is 5.78 Å². The van der Waals surface area contributed by atoms with Gasteiger partial charge in [-0.2, -0.15) is 5.26 Å². The highest BCUT2D eigenvalue weighted by Crippen LogP contribution is 2.36. The monoisotopic (exact) mass is 588 g/mol. The van der Waals surface area contributed by atoms with Gasteiger partial charge in [0, 0.05) is 58.4 Å². The first-order chi connectivity index (χ1) is 27.4. The van der Waals surface area contributed by atoms with Crippen LogP contribution in [0.3, 0.4) is 0 Å². The van der Waals surface area contributed by atoms with Crippen LogP contribution in [0.2, 0.25) is 5.02 Å². The number of ketones is 1. The van der Waals surface area contributed by atoms with E-state index in [0.29, 0.717) is 17.1 Å². The molecule has 0 unspecified atom stereocenters. The van der Waals surface area contributed by atoms with Gasteiger partial charge in [0.2, 0.25) is 0 Å². The van der Waals surface area contributed by atoms with Crippen molar-refractivity contribution in [3.63, 3.8) is 0 Å². The minimum Gasteiger partial charge on any atom is -0.494 e. The van der Waals surface area contributed by atoms with Crippen molar-refractivity contribution in [3.05, 3.63) is 94.2 Å². The molecule has 0 atom stereocenters. The quantitative estimate of drug-likeness (QED) is 0.189. The first kappa shape index (κ1) is 13.5. The van der Waals surface area contributed by atoms with E-state index in [-0.39, 0.29) is 17.4 Å². The van der Waals surface area contributed by atoms with Gasteiger partial charge < -0.3 is 19.7 Å². The Balaban J connectivity index is 1.96. The molecule has 0 bridgehead atoms. The fourth-order valence-corrected chi connectivity index (χ4v) is 3.53. The molecule has 2 heterocycles. The molecule has 9 heteroatoms. The zero-order chi connectivity index (χ0) is 45.8. The molecule has 4 rings (SSSR count). The smallest absolute Gasteiger partial charge is 0.159 e. The Labute approximate surface area is 271 Å². The number of hydrogen-bond acceptors (Lipinski definition) is 8. The van der Waals surface area contributed by atoms with Crippen molar-refractivity contribution < 1.29 is 40.3 Å². The van der Waals surface area contributed by atoms with Gasteiger partial charge >= 0.3 is 0 Å². The predicted octanol–water partition coefficient (Wildman–Crippen LogP) is 6.41. The zero-order valence-electron chi connectivity index (χ0n) is 40.5. The minimum atomic E-state index is -3.58. The average molecular weight is 589 g/mol. The number of halogens is 1. The maximum Gasteiger partial charge on any atom is 0.159 e. The van der Waals surface area contributed by atoms with Crippen molar-refractivity contribution in [2.45, 2.75) is 26.8 Å². The molecule has 2 aromatic heterocycles. The van der Waals surface area contributed by atoms with E-state index in [0.717, 1.165) is 7.05 Å². The summed E-state index contributed by atoms with van der Waals surface area (Å²) in [6.07, 6.45) is -0.755. The number of rotatable bonds is 12. The van der Waals surface area contributed by atoms with Crippen molar-refractivity contribution in [1.82, 2.24) is 14.9 Å². The number of aromatic nitrogens is 2. The molecular formula is C32H32ClN5O3. The third-order valence-corrected chi connectivity index (χ3v) is 5.31. The van der Waals surface area contributed by atoms with Gasteiger partial charge in [0.05, 0.1) is 49.1 Å². The number of nitriles is 1. The van der Waals surface area contributed by atoms with Crippen LogP contribution < -0.4 is 14.8 Å². The number of aryl methyl sites for hydroxylation is 1. The number of hydrogen-bond donors (Lipinski definition) is 1. The second kappa shape index (κ2) is 13.8. The number of fused-ring (bicyclic) bond motifs is 1. The number of likely N-dealkylation sites (N-methyl/N-ethyl adjacent to an activating group) is 1. The van der Waals surface area contributed by atoms with Gasteiger partial charge in [0.25, 0.3) is 0 Å². The van der Waals surface area contributed by atoms with E-state index in [2.05, 4.69) is 15.3 Å². The third kappa shape index (κ3) is 7.82. The highest BCUT2D eigenvalue weighted by Gasteiger charge is 2.16. The van der Waals surface area contributed by atoms with E-state index >= 15 is 0 Å². The molecule has 0 saturated heterocycles. The molecule has 0 fully saturated rings. The predicted molar refractivity (Wildman–Crippen MR) is 162 cm³/mol. The lowest BCUT2D eigenvalue weighted by molar-refractivity contribution is -0.114. The number of carbonyl (C=O) groups is 1. The summed E-state index contributed by atoms with van der Waals surface area (Å²) in [6.45, 7) is -11.9. The molecule has 0 spiro atoms. The van der Waals surface area contributed by atoms with E-state index in [4.69, 9.17) is 45.7 Å². The Morgan fingerprint density at radius 1 is 1.27 bits per heavy atom. The normalized spacial score (nSPS) is 19.1. The largest absolute Gasteiger partial charge is 0.494 e. The Morgan fingerprint density at radius 2 is 2.15 bits per heavy atom. The molecule has 0 aliphatic carbocycles. The van der Waals surface area contributed by atoms with Gasteiger partial charge in [0.1, 0.15) is 24.2 Å². The lowest BCUT2D eigenvalue weighted by Gasteiger charge is -2.16. The van der Waals surface area contributed by atoms with Crippen LogP contribution in [-0.2, 0) is 17.8 Å². The van der Waals surface area contributed by atoms with E-state index < -0.39 is 144 Å². The molecule has 1 N–H and O–H groups in total. The highest BCUT2D eigenvalue weighted by molar-refractivity contribution is 6.32. The van der Waals surface area contributed by atoms with Crippen LogP contribution in [0.5, 0.6) is 11.5 Å². The zero-order valence-corrected chi connectivity index (χ0v) is 22.2. The van der Waals surface area contributed by atoms with Crippen molar-refractivity contribution >= 4 is 39.7 Å². The summed E-state index contributed by atoms with van der Waals surface area (Å²) in [5.74, 6) is -2.65. The van der Waals surface area contributed by atoms with Crippen LogP contribution in [0.4, 0.5) is 11.4 Å². The van der Waals surface area contributed by atoms with Crippen molar-refractivity contribution in [2.24, 2.45) is 0 Å². The first-order valence-corrected chi connectivity index (χ1v) is 11.9. The summed E-state index contributed by atoms with van der Waals surface area (Å²) in [5.41, 5.74) is -3.31. The number of anilines is 2. The number of nitrogens with one attached hydrogen (secondary N) is 1. The minimum absolute atomic E-state index is 0.102. The molecule has 0 aliphatic rings. The van der Waals surface area contributed by atoms with Gasteiger partial charge in [-0.1, -0.05) is 23.7 Å². The summed E-state index contributed by atoms with van der Waals surface area (Å²) in [5, 5.41) is 11.5. The first-order valence-electron chi connectivity index (χ1n) is 21.0. The number of pyridine rings is 2. The molecule has 8 nitrogen and oxygen atoms in total. The third-order valence-electron chi connectivity index (χ3n) is 5.04. The van der Waals surface area contributed by atoms with Gasteiger partial charge in [-0.15, -0.1) is 0 Å². The van der Waals surface area contributed by atoms with Crippen molar-refractivity contribution in [2.75, 3.05) is 32.4 Å². The summed E-state index contributed by atoms with van der Waals surface area (Å²) >= 11 is 6.45. The van der Waals surface area contributed by atoms with Crippen molar-refractivity contribution in [3.8, 4) is 17.6 Å². The molecule has 210 valence electrons. The number of nitrogens with zero attached hydrogens (tertiary/aromatic N) is 4. The maximum absolute atomic E-state index is 13.3. The maximum atomic E-state index is 13.3. The summed E-state index contributed by atoms with van der Waals surface area (Å²) < 4.78 is 165. The Hall–Kier alpha value is -4.45. The number of carbonyl (C=O) groups excluding carboxylic acids is 1. The molecule has 0 amide bonds. The number of benzene rings is 2. The second-order valence-electron chi connectivity index (χ2n) is 8.06. The van der Waals surface area contributed by atoms with E-state index in [1.54, 1.807) is 6.07 Å². The summed E-state index contributed by atoms with van der Waals surface area (Å²) in [6, 6.07) is -3.70. The van der Waals surface area contributed by atoms with Crippen LogP contribution in [-0.4, -0.2) is 47.7 Å². The lowest BCUT2D eigenvalue weighted by atomic mass is 10.0. The van der Waals surface area contributed by atoms with Crippen molar-refractivity contribution in [1.29, 1.82) is 5.26 Å². The molecule has 4 aromatic rings. The highest BCUT2D eigenvalue weighted by atomic mass is 35.5. The van der Waals surface area contributed by atoms with Crippen LogP contribution in [0.25, 0.3) is 10.9 Å². The van der Waals surface area contributed by atoms with Gasteiger partial charge in [-0.3, -0.25) is 14.8 Å². The molecule has 0 aliphatic heterocycles. The average Bonchev–Trinajstić information content (AvgIpc) is 3.14. The molecular weight excluding hydrogens is 538 g/mol. The fraction of sp³-hybridized carbons (Fsp3) is 0.250. The molecule has 2 aromatic carbocycles. The fourth-order valence-electron chi connectivity index (χ4n) is 3.33. The Bertz CT molecular complexity index is 2460.